The zero-order valence-corrected chi connectivity index (χ0v) is 52.6. The molecule has 0 unspecified atom stereocenters. The van der Waals surface area contributed by atoms with Crippen molar-refractivity contribution in [1.82, 2.24) is 20.0 Å². The fourth-order valence-corrected chi connectivity index (χ4v) is 10.5. The fourth-order valence-electron chi connectivity index (χ4n) is 10.5. The Labute approximate surface area is 468 Å². The van der Waals surface area contributed by atoms with Gasteiger partial charge in [-0.3, -0.25) is 0 Å². The predicted molar refractivity (Wildman–Crippen MR) is 335 cm³/mol. The molecule has 0 bridgehead atoms. The number of nitrogens with zero attached hydrogens (tertiary/aromatic N) is 3. The molecule has 0 aliphatic rings. The Morgan fingerprint density at radius 3 is 0.757 bits per heavy atom. The molecule has 0 radical (unpaired) electrons. The smallest absolute Gasteiger partial charge is 0.409 e. The van der Waals surface area contributed by atoms with Gasteiger partial charge in [0.1, 0.15) is 6.61 Å². The predicted octanol–water partition coefficient (Wildman–Crippen LogP) is 21.9. The monoisotopic (exact) mass is 1050 g/mol. The quantitative estimate of drug-likeness (QED) is 0.0615. The van der Waals surface area contributed by atoms with Crippen LogP contribution in [0.2, 0.25) is 0 Å². The number of likely N-dealkylation sites (N-methyl/N-ethyl adjacent to an activating group) is 2. The number of rotatable bonds is 62. The first-order valence-electron chi connectivity index (χ1n) is 34.4. The van der Waals surface area contributed by atoms with E-state index in [-0.39, 0.29) is 6.09 Å². The SMILES string of the molecule is CCCCCCCCCCCCCCCCN(CCCCCCCCCCCCCC)C(=O)OCCN(C)CCN(C)C.CCCCCCCCCCCCCCCCNCCCCCCCCCCCCCC. The van der Waals surface area contributed by atoms with Gasteiger partial charge in [-0.1, -0.05) is 336 Å². The summed E-state index contributed by atoms with van der Waals surface area (Å²) in [4.78, 5) is 19.4. The van der Waals surface area contributed by atoms with E-state index in [1.54, 1.807) is 0 Å². The molecule has 0 saturated carbocycles. The molecule has 0 atom stereocenters. The first-order valence-corrected chi connectivity index (χ1v) is 34.4. The minimum atomic E-state index is -0.0984. The maximum Gasteiger partial charge on any atom is 0.409 e. The van der Waals surface area contributed by atoms with E-state index in [0.29, 0.717) is 6.61 Å². The van der Waals surface area contributed by atoms with Crippen molar-refractivity contribution in [1.29, 1.82) is 0 Å². The molecule has 0 aliphatic carbocycles. The van der Waals surface area contributed by atoms with Crippen molar-refractivity contribution < 1.29 is 9.53 Å². The van der Waals surface area contributed by atoms with Gasteiger partial charge in [0.25, 0.3) is 0 Å². The van der Waals surface area contributed by atoms with Gasteiger partial charge in [-0.25, -0.2) is 4.79 Å². The summed E-state index contributed by atoms with van der Waals surface area (Å²) in [7, 11) is 6.30. The highest BCUT2D eigenvalue weighted by Gasteiger charge is 2.15. The number of nitrogens with one attached hydrogen (secondary N) is 1. The summed E-state index contributed by atoms with van der Waals surface area (Å²) >= 11 is 0. The number of ether oxygens (including phenoxy) is 1. The largest absolute Gasteiger partial charge is 0.448 e. The molecular formula is C68H142N4O2. The van der Waals surface area contributed by atoms with E-state index in [9.17, 15) is 4.79 Å². The Morgan fingerprint density at radius 2 is 0.514 bits per heavy atom. The minimum Gasteiger partial charge on any atom is -0.448 e. The van der Waals surface area contributed by atoms with Crippen LogP contribution in [0.4, 0.5) is 4.79 Å². The van der Waals surface area contributed by atoms with Crippen molar-refractivity contribution in [3.63, 3.8) is 0 Å². The van der Waals surface area contributed by atoms with Crippen LogP contribution in [0, 0.1) is 0 Å². The zero-order valence-electron chi connectivity index (χ0n) is 52.6. The van der Waals surface area contributed by atoms with Gasteiger partial charge in [0.2, 0.25) is 0 Å². The Kier molecular flexibility index (Phi) is 69.4. The van der Waals surface area contributed by atoms with Gasteiger partial charge in [-0.15, -0.1) is 0 Å². The molecule has 0 rings (SSSR count). The Bertz CT molecular complexity index is 967. The molecule has 1 amide bonds. The maximum absolute atomic E-state index is 13.0. The van der Waals surface area contributed by atoms with Crippen LogP contribution in [-0.2, 0) is 4.74 Å². The molecule has 0 aromatic rings. The van der Waals surface area contributed by atoms with Crippen LogP contribution in [-0.4, -0.2) is 94.4 Å². The van der Waals surface area contributed by atoms with Crippen LogP contribution in [0.25, 0.3) is 0 Å². The molecule has 0 spiro atoms. The summed E-state index contributed by atoms with van der Waals surface area (Å²) in [6, 6.07) is 0. The average Bonchev–Trinajstić information content (AvgIpc) is 3.40. The van der Waals surface area contributed by atoms with Crippen molar-refractivity contribution in [2.75, 3.05) is 73.6 Å². The summed E-state index contributed by atoms with van der Waals surface area (Å²) in [6.45, 7) is 16.7. The molecule has 0 aromatic carbocycles. The van der Waals surface area contributed by atoms with Crippen molar-refractivity contribution in [3.05, 3.63) is 0 Å². The van der Waals surface area contributed by atoms with Crippen LogP contribution in [0.3, 0.4) is 0 Å². The van der Waals surface area contributed by atoms with E-state index >= 15 is 0 Å². The van der Waals surface area contributed by atoms with Gasteiger partial charge in [0, 0.05) is 32.7 Å². The number of amides is 1. The highest BCUT2D eigenvalue weighted by Crippen LogP contribution is 2.17. The van der Waals surface area contributed by atoms with Gasteiger partial charge in [0.15, 0.2) is 0 Å². The zero-order chi connectivity index (χ0) is 54.2. The Morgan fingerprint density at radius 1 is 0.284 bits per heavy atom. The lowest BCUT2D eigenvalue weighted by molar-refractivity contribution is 0.0914. The molecule has 0 saturated heterocycles. The number of hydrogen-bond donors (Lipinski definition) is 1. The third-order valence-electron chi connectivity index (χ3n) is 15.9. The van der Waals surface area contributed by atoms with Crippen molar-refractivity contribution >= 4 is 6.09 Å². The average molecular weight is 1050 g/mol. The summed E-state index contributed by atoms with van der Waals surface area (Å²) in [5.74, 6) is 0. The highest BCUT2D eigenvalue weighted by atomic mass is 16.6. The van der Waals surface area contributed by atoms with Crippen LogP contribution in [0.15, 0.2) is 0 Å². The standard InChI is InChI=1S/C38H79N3O2.C30H63N/c1-6-8-10-12-14-16-18-20-21-23-25-27-29-31-33-41(38(42)43-37-36-40(5)35-34-39(3)4)32-30-28-26-24-22-19-17-15-13-11-9-7-2;1-3-5-7-9-11-13-15-17-18-20-22-24-26-28-30-31-29-27-25-23-21-19-16-14-12-10-8-6-4-2/h6-37H2,1-5H3;31H,3-30H2,1-2H3. The first-order chi connectivity index (χ1) is 36.4. The second kappa shape index (κ2) is 68.3. The number of carbonyl (C=O) groups excluding carboxylic acids is 1. The van der Waals surface area contributed by atoms with Crippen molar-refractivity contribution in [2.24, 2.45) is 0 Å². The molecule has 0 aromatic heterocycles. The molecule has 1 N–H and O–H groups in total. The van der Waals surface area contributed by atoms with E-state index in [4.69, 9.17) is 4.74 Å². The maximum atomic E-state index is 13.0. The van der Waals surface area contributed by atoms with Crippen LogP contribution >= 0.6 is 0 Å². The van der Waals surface area contributed by atoms with E-state index in [1.165, 1.54) is 334 Å². The van der Waals surface area contributed by atoms with Gasteiger partial charge in [-0.2, -0.15) is 0 Å². The molecule has 6 heteroatoms. The fraction of sp³-hybridized carbons (Fsp3) is 0.985. The Balaban J connectivity index is 0. The van der Waals surface area contributed by atoms with E-state index < -0.39 is 0 Å². The van der Waals surface area contributed by atoms with Gasteiger partial charge >= 0.3 is 6.09 Å². The van der Waals surface area contributed by atoms with Crippen LogP contribution in [0.1, 0.15) is 362 Å². The lowest BCUT2D eigenvalue weighted by atomic mass is 10.0. The highest BCUT2D eigenvalue weighted by molar-refractivity contribution is 5.67. The van der Waals surface area contributed by atoms with Gasteiger partial charge in [0.05, 0.1) is 0 Å². The Hall–Kier alpha value is -0.850. The van der Waals surface area contributed by atoms with E-state index in [0.717, 1.165) is 45.6 Å². The summed E-state index contributed by atoms with van der Waals surface area (Å²) in [5.41, 5.74) is 0. The molecule has 74 heavy (non-hydrogen) atoms. The second-order valence-electron chi connectivity index (χ2n) is 23.9. The molecule has 0 aliphatic heterocycles. The van der Waals surface area contributed by atoms with Crippen molar-refractivity contribution in [2.45, 2.75) is 362 Å². The van der Waals surface area contributed by atoms with Gasteiger partial charge in [-0.05, 0) is 59.9 Å². The van der Waals surface area contributed by atoms with Crippen LogP contribution in [0.5, 0.6) is 0 Å². The third kappa shape index (κ3) is 67.3. The summed E-state index contributed by atoms with van der Waals surface area (Å²) < 4.78 is 5.74. The summed E-state index contributed by atoms with van der Waals surface area (Å²) in [5, 5.41) is 3.66. The van der Waals surface area contributed by atoms with E-state index in [1.807, 2.05) is 4.90 Å². The second-order valence-corrected chi connectivity index (χ2v) is 23.9. The van der Waals surface area contributed by atoms with E-state index in [2.05, 4.69) is 64.0 Å². The third-order valence-corrected chi connectivity index (χ3v) is 15.9. The van der Waals surface area contributed by atoms with Crippen molar-refractivity contribution in [3.8, 4) is 0 Å². The normalized spacial score (nSPS) is 11.5. The van der Waals surface area contributed by atoms with Crippen LogP contribution < -0.4 is 5.32 Å². The van der Waals surface area contributed by atoms with Gasteiger partial charge < -0.3 is 24.8 Å². The lowest BCUT2D eigenvalue weighted by Crippen LogP contribution is -2.36. The number of hydrogen-bond acceptors (Lipinski definition) is 5. The number of unbranched alkanes of at least 4 members (excludes halogenated alkanes) is 48. The summed E-state index contributed by atoms with van der Waals surface area (Å²) in [6.07, 6.45) is 72.9. The molecule has 446 valence electrons. The first kappa shape index (κ1) is 75.2. The molecular weight excluding hydrogens is 905 g/mol. The topological polar surface area (TPSA) is 48.1 Å². The molecule has 0 heterocycles. The number of carbonyl (C=O) groups is 1. The molecule has 6 nitrogen and oxygen atoms in total. The molecule has 0 fully saturated rings. The minimum absolute atomic E-state index is 0.0984. The lowest BCUT2D eigenvalue weighted by Gasteiger charge is -2.24.